The summed E-state index contributed by atoms with van der Waals surface area (Å²) in [6.07, 6.45) is 22.0. The number of hydrogen-bond donors (Lipinski definition) is 0. The molecule has 5 heteroatoms. The smallest absolute Gasteiger partial charge is 0.164 e. The van der Waals surface area contributed by atoms with E-state index < -0.39 is 0 Å². The van der Waals surface area contributed by atoms with Crippen molar-refractivity contribution in [3.8, 4) is 22.8 Å². The van der Waals surface area contributed by atoms with E-state index in [2.05, 4.69) is 140 Å². The molecule has 0 bridgehead atoms. The standard InChI is InChI=1S/C53H35N3O2/c1-3-12-36-30-38(26-20-32(36)10-1)40-28-29-47-50(42-15-6-8-18-45(42)58-47)48(40)34-22-24-35(25-23-34)51-54-52(39-27-21-33-11-2-4-13-37(33)31-39)56-53(55-51)43-16-9-19-46-49(43)41-14-5-7-17-44(41)57-46/h1-22,24,26-32,36H,23,25H2. The van der Waals surface area contributed by atoms with E-state index in [-0.39, 0.29) is 0 Å². The molecule has 0 saturated heterocycles. The first-order chi connectivity index (χ1) is 28.7. The summed E-state index contributed by atoms with van der Waals surface area (Å²) >= 11 is 0. The second kappa shape index (κ2) is 13.1. The van der Waals surface area contributed by atoms with Crippen LogP contribution in [0.3, 0.4) is 0 Å². The Morgan fingerprint density at radius 1 is 0.483 bits per heavy atom. The molecule has 12 rings (SSSR count). The van der Waals surface area contributed by atoms with E-state index in [1.54, 1.807) is 0 Å². The van der Waals surface area contributed by atoms with Crippen molar-refractivity contribution in [1.82, 2.24) is 15.0 Å². The fourth-order valence-electron chi connectivity index (χ4n) is 9.14. The Hall–Kier alpha value is -7.37. The van der Waals surface area contributed by atoms with Gasteiger partial charge in [-0.15, -0.1) is 0 Å². The number of benzene rings is 6. The van der Waals surface area contributed by atoms with Gasteiger partial charge < -0.3 is 8.83 Å². The summed E-state index contributed by atoms with van der Waals surface area (Å²) in [5, 5.41) is 6.65. The molecule has 0 amide bonds. The number of fused-ring (bicyclic) bond motifs is 8. The summed E-state index contributed by atoms with van der Waals surface area (Å²) in [5.41, 5.74) is 11.3. The number of para-hydroxylation sites is 2. The maximum atomic E-state index is 6.46. The Kier molecular flexibility index (Phi) is 7.42. The van der Waals surface area contributed by atoms with Gasteiger partial charge in [-0.25, -0.2) is 15.0 Å². The van der Waals surface area contributed by atoms with E-state index in [4.69, 9.17) is 23.8 Å². The molecule has 3 aliphatic rings. The zero-order valence-corrected chi connectivity index (χ0v) is 31.5. The predicted molar refractivity (Wildman–Crippen MR) is 237 cm³/mol. The lowest BCUT2D eigenvalue weighted by atomic mass is 9.79. The Balaban J connectivity index is 1.03. The number of nitrogens with zero attached hydrogens (tertiary/aromatic N) is 3. The third-order valence-corrected chi connectivity index (χ3v) is 12.0. The lowest BCUT2D eigenvalue weighted by molar-refractivity contribution is 0.662. The van der Waals surface area contributed by atoms with Gasteiger partial charge in [0.2, 0.25) is 0 Å². The van der Waals surface area contributed by atoms with Crippen LogP contribution in [-0.2, 0) is 0 Å². The highest BCUT2D eigenvalue weighted by Crippen LogP contribution is 2.44. The van der Waals surface area contributed by atoms with E-state index in [1.165, 1.54) is 27.7 Å². The summed E-state index contributed by atoms with van der Waals surface area (Å²) in [6, 6.07) is 41.9. The minimum absolute atomic E-state index is 0.335. The molecule has 5 nitrogen and oxygen atoms in total. The molecule has 2 unspecified atom stereocenters. The minimum atomic E-state index is 0.335. The maximum absolute atomic E-state index is 6.46. The molecule has 2 atom stereocenters. The van der Waals surface area contributed by atoms with Crippen molar-refractivity contribution in [2.75, 3.05) is 0 Å². The minimum Gasteiger partial charge on any atom is -0.456 e. The van der Waals surface area contributed by atoms with E-state index in [0.717, 1.165) is 78.8 Å². The van der Waals surface area contributed by atoms with Crippen molar-refractivity contribution in [1.29, 1.82) is 0 Å². The van der Waals surface area contributed by atoms with Crippen molar-refractivity contribution in [3.63, 3.8) is 0 Å². The van der Waals surface area contributed by atoms with Crippen molar-refractivity contribution in [2.24, 2.45) is 11.8 Å². The van der Waals surface area contributed by atoms with Gasteiger partial charge in [0.25, 0.3) is 0 Å². The quantitative estimate of drug-likeness (QED) is 0.175. The molecule has 3 aromatic heterocycles. The Labute approximate surface area is 334 Å². The fourth-order valence-corrected chi connectivity index (χ4v) is 9.14. The van der Waals surface area contributed by atoms with E-state index in [1.807, 2.05) is 36.4 Å². The molecule has 3 aliphatic carbocycles. The van der Waals surface area contributed by atoms with Gasteiger partial charge >= 0.3 is 0 Å². The number of aromatic nitrogens is 3. The summed E-state index contributed by atoms with van der Waals surface area (Å²) in [6.45, 7) is 0. The third-order valence-electron chi connectivity index (χ3n) is 12.0. The predicted octanol–water partition coefficient (Wildman–Crippen LogP) is 13.7. The first-order valence-corrected chi connectivity index (χ1v) is 20.0. The zero-order valence-electron chi connectivity index (χ0n) is 31.5. The van der Waals surface area contributed by atoms with Crippen LogP contribution < -0.4 is 0 Å². The largest absolute Gasteiger partial charge is 0.456 e. The van der Waals surface area contributed by atoms with Crippen molar-refractivity contribution in [3.05, 3.63) is 193 Å². The summed E-state index contributed by atoms with van der Waals surface area (Å²) < 4.78 is 12.8. The summed E-state index contributed by atoms with van der Waals surface area (Å²) in [5.74, 6) is 2.67. The lowest BCUT2D eigenvalue weighted by Crippen LogP contribution is -2.12. The van der Waals surface area contributed by atoms with Gasteiger partial charge in [0.15, 0.2) is 17.5 Å². The molecule has 274 valence electrons. The second-order valence-electron chi connectivity index (χ2n) is 15.4. The molecular formula is C53H35N3O2. The van der Waals surface area contributed by atoms with E-state index >= 15 is 0 Å². The van der Waals surface area contributed by atoms with Crippen LogP contribution in [-0.4, -0.2) is 15.0 Å². The summed E-state index contributed by atoms with van der Waals surface area (Å²) in [7, 11) is 0. The SMILES string of the molecule is C1=CC2C=CC(c3ccc4oc5ccccc5c4c3C3=CC=C(c4nc(-c5ccc6ccccc6c5)nc(-c5cccc6oc7ccccc7c56)n4)CC3)=CC2C=C1. The maximum Gasteiger partial charge on any atom is 0.164 e. The molecule has 0 radical (unpaired) electrons. The van der Waals surface area contributed by atoms with Gasteiger partial charge in [-0.3, -0.25) is 0 Å². The molecule has 0 fully saturated rings. The highest BCUT2D eigenvalue weighted by atomic mass is 16.3. The highest BCUT2D eigenvalue weighted by Gasteiger charge is 2.26. The highest BCUT2D eigenvalue weighted by molar-refractivity contribution is 6.13. The molecule has 0 N–H and O–H groups in total. The fraction of sp³-hybridized carbons (Fsp3) is 0.0755. The first-order valence-electron chi connectivity index (χ1n) is 20.0. The summed E-state index contributed by atoms with van der Waals surface area (Å²) in [4.78, 5) is 15.7. The van der Waals surface area contributed by atoms with Crippen LogP contribution in [0.4, 0.5) is 0 Å². The first kappa shape index (κ1) is 32.8. The molecule has 3 heterocycles. The van der Waals surface area contributed by atoms with Gasteiger partial charge in [-0.2, -0.15) is 0 Å². The molecule has 6 aromatic carbocycles. The van der Waals surface area contributed by atoms with Crippen LogP contribution in [0.2, 0.25) is 0 Å². The topological polar surface area (TPSA) is 65.0 Å². The van der Waals surface area contributed by atoms with Crippen LogP contribution in [0.25, 0.3) is 94.1 Å². The van der Waals surface area contributed by atoms with Gasteiger partial charge in [-0.05, 0) is 81.8 Å². The molecule has 9 aromatic rings. The number of allylic oxidation sites excluding steroid dienone is 12. The Bertz CT molecular complexity index is 3370. The third kappa shape index (κ3) is 5.35. The average molecular weight is 746 g/mol. The molecule has 0 spiro atoms. The average Bonchev–Trinajstić information content (AvgIpc) is 3.87. The molecule has 58 heavy (non-hydrogen) atoms. The zero-order chi connectivity index (χ0) is 38.2. The van der Waals surface area contributed by atoms with Gasteiger partial charge in [0.05, 0.1) is 0 Å². The van der Waals surface area contributed by atoms with Gasteiger partial charge in [-0.1, -0.05) is 146 Å². The lowest BCUT2D eigenvalue weighted by Gasteiger charge is -2.25. The Morgan fingerprint density at radius 2 is 1.16 bits per heavy atom. The number of hydrogen-bond acceptors (Lipinski definition) is 5. The van der Waals surface area contributed by atoms with Crippen molar-refractivity contribution in [2.45, 2.75) is 12.8 Å². The van der Waals surface area contributed by atoms with Crippen LogP contribution in [0.5, 0.6) is 0 Å². The van der Waals surface area contributed by atoms with E-state index in [9.17, 15) is 0 Å². The van der Waals surface area contributed by atoms with Crippen LogP contribution in [0.15, 0.2) is 185 Å². The molecular weight excluding hydrogens is 711 g/mol. The van der Waals surface area contributed by atoms with E-state index in [0.29, 0.717) is 29.3 Å². The second-order valence-corrected chi connectivity index (χ2v) is 15.4. The monoisotopic (exact) mass is 745 g/mol. The number of furan rings is 2. The van der Waals surface area contributed by atoms with Crippen molar-refractivity contribution < 1.29 is 8.83 Å². The van der Waals surface area contributed by atoms with Gasteiger partial charge in [0, 0.05) is 44.5 Å². The van der Waals surface area contributed by atoms with Crippen LogP contribution in [0.1, 0.15) is 29.8 Å². The van der Waals surface area contributed by atoms with Crippen LogP contribution in [0, 0.1) is 11.8 Å². The number of rotatable bonds is 5. The molecule has 0 aliphatic heterocycles. The van der Waals surface area contributed by atoms with Crippen LogP contribution >= 0.6 is 0 Å². The molecule has 0 saturated carbocycles. The Morgan fingerprint density at radius 3 is 1.98 bits per heavy atom. The van der Waals surface area contributed by atoms with Crippen molar-refractivity contribution >= 4 is 71.4 Å². The normalized spacial score (nSPS) is 17.6. The van der Waals surface area contributed by atoms with Gasteiger partial charge in [0.1, 0.15) is 22.3 Å².